The molecule has 0 saturated heterocycles. The van der Waals surface area contributed by atoms with Crippen LogP contribution < -0.4 is 5.32 Å². The molecule has 0 saturated carbocycles. The normalized spacial score (nSPS) is 13.7. The Labute approximate surface area is 136 Å². The van der Waals surface area contributed by atoms with E-state index in [0.717, 1.165) is 16.9 Å². The first-order valence-corrected chi connectivity index (χ1v) is 7.92. The number of hydrogen-bond donors (Lipinski definition) is 2. The van der Waals surface area contributed by atoms with Crippen molar-refractivity contribution in [3.05, 3.63) is 66.0 Å². The molecule has 0 aliphatic rings. The summed E-state index contributed by atoms with van der Waals surface area (Å²) in [6.07, 6.45) is 0.467. The topological polar surface area (TPSA) is 57.8 Å². The molecular formula is C19H21N3O. The molecule has 118 valence electrons. The van der Waals surface area contributed by atoms with E-state index in [-0.39, 0.29) is 17.9 Å². The minimum atomic E-state index is -0.141. The summed E-state index contributed by atoms with van der Waals surface area (Å²) in [6, 6.07) is 17.8. The number of aromatic amines is 1. The molecule has 0 unspecified atom stereocenters. The van der Waals surface area contributed by atoms with Gasteiger partial charge in [0, 0.05) is 6.42 Å². The Morgan fingerprint density at radius 2 is 1.78 bits per heavy atom. The Hall–Kier alpha value is -2.62. The van der Waals surface area contributed by atoms with Gasteiger partial charge < -0.3 is 10.3 Å². The maximum atomic E-state index is 12.3. The van der Waals surface area contributed by atoms with Gasteiger partial charge in [-0.05, 0) is 30.5 Å². The number of hydrogen-bond acceptors (Lipinski definition) is 2. The van der Waals surface area contributed by atoms with Gasteiger partial charge in [-0.1, -0.05) is 49.4 Å². The Morgan fingerprint density at radius 1 is 1.09 bits per heavy atom. The van der Waals surface area contributed by atoms with Crippen LogP contribution in [0, 0.1) is 0 Å². The molecule has 3 aromatic rings. The zero-order chi connectivity index (χ0) is 16.2. The van der Waals surface area contributed by atoms with Gasteiger partial charge in [0.2, 0.25) is 5.91 Å². The summed E-state index contributed by atoms with van der Waals surface area (Å²) < 4.78 is 0. The Balaban J connectivity index is 1.63. The summed E-state index contributed by atoms with van der Waals surface area (Å²) in [5, 5.41) is 3.03. The van der Waals surface area contributed by atoms with Crippen LogP contribution in [0.4, 0.5) is 0 Å². The predicted octanol–water partition coefficient (Wildman–Crippen LogP) is 3.93. The van der Waals surface area contributed by atoms with Crippen LogP contribution in [0.5, 0.6) is 0 Å². The molecule has 4 heteroatoms. The number of H-pyrrole nitrogens is 1. The summed E-state index contributed by atoms with van der Waals surface area (Å²) in [5.74, 6) is 1.01. The number of benzene rings is 2. The van der Waals surface area contributed by atoms with E-state index < -0.39 is 0 Å². The van der Waals surface area contributed by atoms with E-state index in [2.05, 4.69) is 34.3 Å². The molecule has 1 heterocycles. The molecule has 0 bridgehead atoms. The van der Waals surface area contributed by atoms with E-state index in [4.69, 9.17) is 0 Å². The van der Waals surface area contributed by atoms with Crippen LogP contribution in [0.25, 0.3) is 11.0 Å². The van der Waals surface area contributed by atoms with Crippen molar-refractivity contribution >= 4 is 16.9 Å². The molecule has 2 N–H and O–H groups in total. The van der Waals surface area contributed by atoms with Gasteiger partial charge in [0.25, 0.3) is 0 Å². The second-order valence-electron chi connectivity index (χ2n) is 5.94. The van der Waals surface area contributed by atoms with Crippen molar-refractivity contribution in [2.45, 2.75) is 32.2 Å². The average Bonchev–Trinajstić information content (AvgIpc) is 2.99. The molecule has 23 heavy (non-hydrogen) atoms. The number of imidazole rings is 1. The first kappa shape index (κ1) is 15.3. The Morgan fingerprint density at radius 3 is 2.52 bits per heavy atom. The van der Waals surface area contributed by atoms with Crippen molar-refractivity contribution in [3.8, 4) is 0 Å². The van der Waals surface area contributed by atoms with E-state index in [0.29, 0.717) is 6.42 Å². The highest BCUT2D eigenvalue weighted by molar-refractivity contribution is 5.78. The molecule has 1 amide bonds. The molecule has 2 aromatic carbocycles. The quantitative estimate of drug-likeness (QED) is 0.750. The SMILES string of the molecule is C[C@@H](CC(=O)N[C@H](C)c1nc2ccccc2[nH]1)c1ccccc1. The highest BCUT2D eigenvalue weighted by Gasteiger charge is 2.16. The van der Waals surface area contributed by atoms with E-state index in [9.17, 15) is 4.79 Å². The molecule has 0 aliphatic heterocycles. The van der Waals surface area contributed by atoms with Gasteiger partial charge in [-0.2, -0.15) is 0 Å². The fourth-order valence-corrected chi connectivity index (χ4v) is 2.72. The zero-order valence-corrected chi connectivity index (χ0v) is 13.4. The Kier molecular flexibility index (Phi) is 4.42. The second-order valence-corrected chi connectivity index (χ2v) is 5.94. The van der Waals surface area contributed by atoms with Gasteiger partial charge in [-0.3, -0.25) is 4.79 Å². The lowest BCUT2D eigenvalue weighted by Crippen LogP contribution is -2.28. The number of nitrogens with one attached hydrogen (secondary N) is 2. The summed E-state index contributed by atoms with van der Waals surface area (Å²) in [4.78, 5) is 20.1. The van der Waals surface area contributed by atoms with Crippen molar-refractivity contribution in [1.29, 1.82) is 0 Å². The summed E-state index contributed by atoms with van der Waals surface area (Å²) in [7, 11) is 0. The second kappa shape index (κ2) is 6.65. The van der Waals surface area contributed by atoms with Gasteiger partial charge in [0.1, 0.15) is 5.82 Å². The third-order valence-corrected chi connectivity index (χ3v) is 4.06. The van der Waals surface area contributed by atoms with Crippen molar-refractivity contribution < 1.29 is 4.79 Å². The lowest BCUT2D eigenvalue weighted by Gasteiger charge is -2.15. The van der Waals surface area contributed by atoms with Crippen LogP contribution in [0.1, 0.15) is 43.6 Å². The van der Waals surface area contributed by atoms with Gasteiger partial charge in [0.05, 0.1) is 17.1 Å². The summed E-state index contributed by atoms with van der Waals surface area (Å²) in [6.45, 7) is 4.02. The van der Waals surface area contributed by atoms with Crippen molar-refractivity contribution in [2.24, 2.45) is 0 Å². The zero-order valence-electron chi connectivity index (χ0n) is 13.4. The maximum Gasteiger partial charge on any atom is 0.221 e. The van der Waals surface area contributed by atoms with Gasteiger partial charge >= 0.3 is 0 Å². The standard InChI is InChI=1S/C19H21N3O/c1-13(15-8-4-3-5-9-15)12-18(23)20-14(2)19-21-16-10-6-7-11-17(16)22-19/h3-11,13-14H,12H2,1-2H3,(H,20,23)(H,21,22)/t13-,14+/m0/s1. The number of amides is 1. The number of aromatic nitrogens is 2. The smallest absolute Gasteiger partial charge is 0.221 e. The van der Waals surface area contributed by atoms with Crippen LogP contribution >= 0.6 is 0 Å². The van der Waals surface area contributed by atoms with Crippen LogP contribution in [-0.4, -0.2) is 15.9 Å². The molecule has 0 radical (unpaired) electrons. The minimum absolute atomic E-state index is 0.0364. The van der Waals surface area contributed by atoms with Crippen molar-refractivity contribution in [2.75, 3.05) is 0 Å². The maximum absolute atomic E-state index is 12.3. The number of carbonyl (C=O) groups excluding carboxylic acids is 1. The van der Waals surface area contributed by atoms with E-state index in [1.54, 1.807) is 0 Å². The number of carbonyl (C=O) groups is 1. The number of rotatable bonds is 5. The largest absolute Gasteiger partial charge is 0.346 e. The van der Waals surface area contributed by atoms with E-state index in [1.165, 1.54) is 5.56 Å². The molecule has 0 spiro atoms. The first-order chi connectivity index (χ1) is 11.1. The highest BCUT2D eigenvalue weighted by Crippen LogP contribution is 2.20. The van der Waals surface area contributed by atoms with Crippen molar-refractivity contribution in [3.63, 3.8) is 0 Å². The highest BCUT2D eigenvalue weighted by atomic mass is 16.1. The third-order valence-electron chi connectivity index (χ3n) is 4.06. The molecule has 1 aromatic heterocycles. The minimum Gasteiger partial charge on any atom is -0.346 e. The average molecular weight is 307 g/mol. The fraction of sp³-hybridized carbons (Fsp3) is 0.263. The molecule has 0 fully saturated rings. The van der Waals surface area contributed by atoms with Crippen LogP contribution in [-0.2, 0) is 4.79 Å². The van der Waals surface area contributed by atoms with Crippen LogP contribution in [0.2, 0.25) is 0 Å². The Bertz CT molecular complexity index is 761. The van der Waals surface area contributed by atoms with Gasteiger partial charge in [-0.15, -0.1) is 0 Å². The molecule has 0 aliphatic carbocycles. The molecule has 4 nitrogen and oxygen atoms in total. The van der Waals surface area contributed by atoms with E-state index in [1.807, 2.05) is 49.4 Å². The first-order valence-electron chi connectivity index (χ1n) is 7.92. The molecular weight excluding hydrogens is 286 g/mol. The van der Waals surface area contributed by atoms with E-state index >= 15 is 0 Å². The van der Waals surface area contributed by atoms with Gasteiger partial charge in [-0.25, -0.2) is 4.98 Å². The number of nitrogens with zero attached hydrogens (tertiary/aromatic N) is 1. The fourth-order valence-electron chi connectivity index (χ4n) is 2.72. The van der Waals surface area contributed by atoms with Crippen LogP contribution in [0.3, 0.4) is 0 Å². The predicted molar refractivity (Wildman–Crippen MR) is 92.1 cm³/mol. The summed E-state index contributed by atoms with van der Waals surface area (Å²) >= 11 is 0. The summed E-state index contributed by atoms with van der Waals surface area (Å²) in [5.41, 5.74) is 3.08. The van der Waals surface area contributed by atoms with Crippen molar-refractivity contribution in [1.82, 2.24) is 15.3 Å². The lowest BCUT2D eigenvalue weighted by molar-refractivity contribution is -0.122. The molecule has 3 rings (SSSR count). The lowest BCUT2D eigenvalue weighted by atomic mass is 9.97. The molecule has 2 atom stereocenters. The number of para-hydroxylation sites is 2. The number of fused-ring (bicyclic) bond motifs is 1. The monoisotopic (exact) mass is 307 g/mol. The third kappa shape index (κ3) is 3.59. The van der Waals surface area contributed by atoms with Gasteiger partial charge in [0.15, 0.2) is 0 Å². The van der Waals surface area contributed by atoms with Crippen LogP contribution in [0.15, 0.2) is 54.6 Å².